The molecule has 1 aromatic rings. The van der Waals surface area contributed by atoms with Crippen molar-refractivity contribution < 1.29 is 4.74 Å². The summed E-state index contributed by atoms with van der Waals surface area (Å²) in [6.07, 6.45) is 2.88. The summed E-state index contributed by atoms with van der Waals surface area (Å²) in [7, 11) is 0. The molecule has 1 saturated heterocycles. The summed E-state index contributed by atoms with van der Waals surface area (Å²) in [6, 6.07) is 10.7. The molecule has 0 amide bonds. The number of ether oxygens (including phenoxy) is 1. The van der Waals surface area contributed by atoms with Gasteiger partial charge in [0.15, 0.2) is 0 Å². The van der Waals surface area contributed by atoms with E-state index in [0.29, 0.717) is 12.0 Å². The van der Waals surface area contributed by atoms with Gasteiger partial charge in [-0.3, -0.25) is 0 Å². The van der Waals surface area contributed by atoms with Gasteiger partial charge < -0.3 is 10.1 Å². The van der Waals surface area contributed by atoms with Gasteiger partial charge in [0.05, 0.1) is 6.10 Å². The molecule has 1 aliphatic rings. The molecule has 88 valence electrons. The van der Waals surface area contributed by atoms with Crippen LogP contribution >= 0.6 is 0 Å². The second-order valence-corrected chi connectivity index (χ2v) is 4.61. The molecule has 16 heavy (non-hydrogen) atoms. The highest BCUT2D eigenvalue weighted by atomic mass is 16.5. The maximum absolute atomic E-state index is 5.58. The molecular formula is C14H21NO. The normalized spacial score (nSPS) is 22.2. The number of rotatable bonds is 5. The number of hydrogen-bond donors (Lipinski definition) is 1. The molecule has 1 aliphatic heterocycles. The fourth-order valence-corrected chi connectivity index (χ4v) is 2.17. The van der Waals surface area contributed by atoms with Gasteiger partial charge in [0.2, 0.25) is 0 Å². The number of nitrogens with one attached hydrogen (secondary N) is 1. The zero-order chi connectivity index (χ0) is 11.2. The zero-order valence-electron chi connectivity index (χ0n) is 9.99. The van der Waals surface area contributed by atoms with Crippen molar-refractivity contribution >= 4 is 0 Å². The fraction of sp³-hybridized carbons (Fsp3) is 0.571. The second-order valence-electron chi connectivity index (χ2n) is 4.61. The molecule has 1 heterocycles. The van der Waals surface area contributed by atoms with Crippen molar-refractivity contribution in [3.8, 4) is 0 Å². The standard InChI is InChI=1S/C14H21NO/c1-12(13-6-3-2-4-7-13)10-15-11-14-8-5-9-16-14/h2-4,6-7,12,14-15H,5,8-11H2,1H3/t12-,14+/m1/s1. The Kier molecular flexibility index (Phi) is 4.37. The Morgan fingerprint density at radius 3 is 2.88 bits per heavy atom. The summed E-state index contributed by atoms with van der Waals surface area (Å²) in [5.41, 5.74) is 1.40. The minimum absolute atomic E-state index is 0.447. The Morgan fingerprint density at radius 2 is 2.19 bits per heavy atom. The van der Waals surface area contributed by atoms with Crippen LogP contribution < -0.4 is 5.32 Å². The molecule has 2 atom stereocenters. The van der Waals surface area contributed by atoms with Crippen molar-refractivity contribution in [2.24, 2.45) is 0 Å². The van der Waals surface area contributed by atoms with Crippen LogP contribution in [0.15, 0.2) is 30.3 Å². The first-order valence-electron chi connectivity index (χ1n) is 6.23. The molecule has 0 aromatic heterocycles. The smallest absolute Gasteiger partial charge is 0.0700 e. The van der Waals surface area contributed by atoms with E-state index in [4.69, 9.17) is 4.74 Å². The fourth-order valence-electron chi connectivity index (χ4n) is 2.17. The largest absolute Gasteiger partial charge is 0.377 e. The maximum Gasteiger partial charge on any atom is 0.0700 e. The summed E-state index contributed by atoms with van der Waals surface area (Å²) >= 11 is 0. The molecule has 2 nitrogen and oxygen atoms in total. The van der Waals surface area contributed by atoms with Gasteiger partial charge in [-0.25, -0.2) is 0 Å². The van der Waals surface area contributed by atoms with Crippen LogP contribution in [0.25, 0.3) is 0 Å². The lowest BCUT2D eigenvalue weighted by atomic mass is 10.0. The van der Waals surface area contributed by atoms with E-state index in [1.165, 1.54) is 18.4 Å². The first-order chi connectivity index (χ1) is 7.86. The highest BCUT2D eigenvalue weighted by Gasteiger charge is 2.15. The molecule has 1 aromatic carbocycles. The third kappa shape index (κ3) is 3.32. The topological polar surface area (TPSA) is 21.3 Å². The molecule has 1 fully saturated rings. The first-order valence-corrected chi connectivity index (χ1v) is 6.23. The second kappa shape index (κ2) is 6.02. The molecule has 0 saturated carbocycles. The van der Waals surface area contributed by atoms with E-state index in [9.17, 15) is 0 Å². The van der Waals surface area contributed by atoms with Crippen LogP contribution in [0.2, 0.25) is 0 Å². The highest BCUT2D eigenvalue weighted by molar-refractivity contribution is 5.18. The van der Waals surface area contributed by atoms with Crippen molar-refractivity contribution in [1.82, 2.24) is 5.32 Å². The zero-order valence-corrected chi connectivity index (χ0v) is 9.99. The SMILES string of the molecule is C[C@H](CNC[C@@H]1CCCO1)c1ccccc1. The Labute approximate surface area is 98.0 Å². The van der Waals surface area contributed by atoms with Gasteiger partial charge >= 0.3 is 0 Å². The van der Waals surface area contributed by atoms with E-state index in [1.54, 1.807) is 0 Å². The van der Waals surface area contributed by atoms with Gasteiger partial charge in [-0.1, -0.05) is 37.3 Å². The van der Waals surface area contributed by atoms with Crippen LogP contribution in [0, 0.1) is 0 Å². The third-order valence-corrected chi connectivity index (χ3v) is 3.22. The Bertz CT molecular complexity index is 293. The van der Waals surface area contributed by atoms with Crippen LogP contribution in [0.3, 0.4) is 0 Å². The minimum atomic E-state index is 0.447. The quantitative estimate of drug-likeness (QED) is 0.821. The van der Waals surface area contributed by atoms with Crippen molar-refractivity contribution in [1.29, 1.82) is 0 Å². The Hall–Kier alpha value is -0.860. The summed E-state index contributed by atoms with van der Waals surface area (Å²) < 4.78 is 5.58. The predicted octanol–water partition coefficient (Wildman–Crippen LogP) is 2.56. The van der Waals surface area contributed by atoms with Crippen LogP contribution in [-0.4, -0.2) is 25.8 Å². The maximum atomic E-state index is 5.58. The van der Waals surface area contributed by atoms with E-state index in [2.05, 4.69) is 42.6 Å². The highest BCUT2D eigenvalue weighted by Crippen LogP contribution is 2.14. The summed E-state index contributed by atoms with van der Waals surface area (Å²) in [5.74, 6) is 0.572. The first kappa shape index (κ1) is 11.6. The van der Waals surface area contributed by atoms with Gasteiger partial charge in [-0.05, 0) is 24.3 Å². The average Bonchev–Trinajstić information content (AvgIpc) is 2.83. The van der Waals surface area contributed by atoms with Crippen molar-refractivity contribution in [2.45, 2.75) is 31.8 Å². The van der Waals surface area contributed by atoms with Crippen LogP contribution in [0.5, 0.6) is 0 Å². The molecule has 0 unspecified atom stereocenters. The van der Waals surface area contributed by atoms with Crippen LogP contribution in [0.1, 0.15) is 31.2 Å². The molecular weight excluding hydrogens is 198 g/mol. The summed E-state index contributed by atoms with van der Waals surface area (Å²) in [6.45, 7) is 5.24. The minimum Gasteiger partial charge on any atom is -0.377 e. The Morgan fingerprint density at radius 1 is 1.38 bits per heavy atom. The summed E-state index contributed by atoms with van der Waals surface area (Å²) in [4.78, 5) is 0. The Balaban J connectivity index is 1.69. The van der Waals surface area contributed by atoms with Gasteiger partial charge in [0.25, 0.3) is 0 Å². The predicted molar refractivity (Wildman–Crippen MR) is 66.7 cm³/mol. The van der Waals surface area contributed by atoms with Crippen molar-refractivity contribution in [3.05, 3.63) is 35.9 Å². The molecule has 2 rings (SSSR count). The number of hydrogen-bond acceptors (Lipinski definition) is 2. The van der Waals surface area contributed by atoms with Gasteiger partial charge in [0, 0.05) is 19.7 Å². The molecule has 2 heteroatoms. The lowest BCUT2D eigenvalue weighted by Gasteiger charge is -2.15. The lowest BCUT2D eigenvalue weighted by Crippen LogP contribution is -2.29. The van der Waals surface area contributed by atoms with Crippen LogP contribution in [0.4, 0.5) is 0 Å². The molecule has 1 N–H and O–H groups in total. The third-order valence-electron chi connectivity index (χ3n) is 3.22. The average molecular weight is 219 g/mol. The molecule has 0 bridgehead atoms. The molecule has 0 aliphatic carbocycles. The van der Waals surface area contributed by atoms with Crippen LogP contribution in [-0.2, 0) is 4.74 Å². The van der Waals surface area contributed by atoms with Gasteiger partial charge in [0.1, 0.15) is 0 Å². The van der Waals surface area contributed by atoms with E-state index >= 15 is 0 Å². The molecule has 0 spiro atoms. The lowest BCUT2D eigenvalue weighted by molar-refractivity contribution is 0.110. The van der Waals surface area contributed by atoms with Crippen molar-refractivity contribution in [3.63, 3.8) is 0 Å². The van der Waals surface area contributed by atoms with E-state index in [0.717, 1.165) is 19.7 Å². The van der Waals surface area contributed by atoms with E-state index < -0.39 is 0 Å². The van der Waals surface area contributed by atoms with Gasteiger partial charge in [-0.2, -0.15) is 0 Å². The van der Waals surface area contributed by atoms with Gasteiger partial charge in [-0.15, -0.1) is 0 Å². The molecule has 0 radical (unpaired) electrons. The number of benzene rings is 1. The monoisotopic (exact) mass is 219 g/mol. The summed E-state index contributed by atoms with van der Waals surface area (Å²) in [5, 5.41) is 3.50. The van der Waals surface area contributed by atoms with E-state index in [1.807, 2.05) is 0 Å². The van der Waals surface area contributed by atoms with E-state index in [-0.39, 0.29) is 0 Å². The van der Waals surface area contributed by atoms with Crippen molar-refractivity contribution in [2.75, 3.05) is 19.7 Å².